The first-order valence-corrected chi connectivity index (χ1v) is 12.2. The molecule has 11 heteroatoms. The van der Waals surface area contributed by atoms with Crippen LogP contribution in [-0.4, -0.2) is 63.5 Å². The first-order valence-electron chi connectivity index (χ1n) is 12.2. The van der Waals surface area contributed by atoms with E-state index >= 15 is 0 Å². The zero-order valence-electron chi connectivity index (χ0n) is 21.3. The number of aromatic nitrogens is 5. The molecule has 2 aromatic carbocycles. The number of methoxy groups -OCH3 is 1. The van der Waals surface area contributed by atoms with Crippen LogP contribution in [0.5, 0.6) is 0 Å². The molecule has 196 valence electrons. The predicted molar refractivity (Wildman–Crippen MR) is 148 cm³/mol. The fourth-order valence-corrected chi connectivity index (χ4v) is 4.06. The summed E-state index contributed by atoms with van der Waals surface area (Å²) in [5.74, 6) is 0.584. The molecule has 39 heavy (non-hydrogen) atoms. The summed E-state index contributed by atoms with van der Waals surface area (Å²) in [6, 6.07) is 19.4. The third-order valence-corrected chi connectivity index (χ3v) is 6.02. The van der Waals surface area contributed by atoms with Crippen molar-refractivity contribution < 1.29 is 14.3 Å². The Bertz CT molecular complexity index is 1620. The van der Waals surface area contributed by atoms with Crippen LogP contribution in [0.1, 0.15) is 10.4 Å². The van der Waals surface area contributed by atoms with E-state index in [4.69, 9.17) is 4.74 Å². The Labute approximate surface area is 224 Å². The Morgan fingerprint density at radius 3 is 2.62 bits per heavy atom. The van der Waals surface area contributed by atoms with Gasteiger partial charge in [-0.15, -0.1) is 0 Å². The fraction of sp³-hybridized carbons (Fsp3) is 0.143. The Kier molecular flexibility index (Phi) is 7.39. The lowest BCUT2D eigenvalue weighted by atomic mass is 10.1. The molecule has 1 amide bonds. The SMILES string of the molecule is CNc1nccc(-c2nc3ccc(C(=O)NC(CNc4ncccc4-c4ccccc4)C(=O)OC)cc3[nH]2)n1. The molecular weight excluding hydrogens is 496 g/mol. The van der Waals surface area contributed by atoms with Gasteiger partial charge in [0, 0.05) is 37.1 Å². The molecule has 0 aliphatic carbocycles. The number of imidazole rings is 1. The molecule has 3 aromatic heterocycles. The number of benzene rings is 2. The van der Waals surface area contributed by atoms with Crippen LogP contribution < -0.4 is 16.0 Å². The highest BCUT2D eigenvalue weighted by Crippen LogP contribution is 2.25. The van der Waals surface area contributed by atoms with E-state index in [9.17, 15) is 9.59 Å². The second-order valence-electron chi connectivity index (χ2n) is 8.53. The van der Waals surface area contributed by atoms with Gasteiger partial charge in [0.05, 0.1) is 18.1 Å². The molecule has 0 saturated carbocycles. The van der Waals surface area contributed by atoms with Crippen molar-refractivity contribution >= 4 is 34.7 Å². The summed E-state index contributed by atoms with van der Waals surface area (Å²) in [4.78, 5) is 46.4. The van der Waals surface area contributed by atoms with Gasteiger partial charge in [-0.05, 0) is 42.0 Å². The fourth-order valence-electron chi connectivity index (χ4n) is 4.06. The predicted octanol–water partition coefficient (Wildman–Crippen LogP) is 3.51. The van der Waals surface area contributed by atoms with E-state index in [1.807, 2.05) is 42.5 Å². The number of fused-ring (bicyclic) bond motifs is 1. The summed E-state index contributed by atoms with van der Waals surface area (Å²) < 4.78 is 4.95. The quantitative estimate of drug-likeness (QED) is 0.214. The second-order valence-corrected chi connectivity index (χ2v) is 8.53. The van der Waals surface area contributed by atoms with Crippen molar-refractivity contribution in [1.82, 2.24) is 30.2 Å². The number of rotatable bonds is 9. The van der Waals surface area contributed by atoms with Gasteiger partial charge < -0.3 is 25.7 Å². The number of aromatic amines is 1. The molecule has 1 unspecified atom stereocenters. The van der Waals surface area contributed by atoms with Crippen LogP contribution in [-0.2, 0) is 9.53 Å². The lowest BCUT2D eigenvalue weighted by Gasteiger charge is -2.19. The van der Waals surface area contributed by atoms with Crippen molar-refractivity contribution in [2.24, 2.45) is 0 Å². The highest BCUT2D eigenvalue weighted by atomic mass is 16.5. The van der Waals surface area contributed by atoms with Crippen LogP contribution in [0.2, 0.25) is 0 Å². The Balaban J connectivity index is 1.33. The third kappa shape index (κ3) is 5.67. The molecule has 1 atom stereocenters. The van der Waals surface area contributed by atoms with Crippen LogP contribution in [0.15, 0.2) is 79.1 Å². The highest BCUT2D eigenvalue weighted by molar-refractivity contribution is 5.99. The number of hydrogen-bond acceptors (Lipinski definition) is 9. The van der Waals surface area contributed by atoms with E-state index in [0.29, 0.717) is 39.9 Å². The third-order valence-electron chi connectivity index (χ3n) is 6.02. The highest BCUT2D eigenvalue weighted by Gasteiger charge is 2.23. The zero-order chi connectivity index (χ0) is 27.2. The number of carbonyl (C=O) groups excluding carboxylic acids is 2. The van der Waals surface area contributed by atoms with E-state index in [1.54, 1.807) is 43.7 Å². The minimum absolute atomic E-state index is 0.0766. The van der Waals surface area contributed by atoms with Crippen molar-refractivity contribution in [1.29, 1.82) is 0 Å². The number of amides is 1. The van der Waals surface area contributed by atoms with Crippen LogP contribution in [0.4, 0.5) is 11.8 Å². The number of pyridine rings is 1. The van der Waals surface area contributed by atoms with Gasteiger partial charge in [0.15, 0.2) is 5.82 Å². The van der Waals surface area contributed by atoms with Crippen LogP contribution in [0.25, 0.3) is 33.7 Å². The van der Waals surface area contributed by atoms with Crippen LogP contribution in [0, 0.1) is 0 Å². The van der Waals surface area contributed by atoms with E-state index < -0.39 is 17.9 Å². The van der Waals surface area contributed by atoms with E-state index in [1.165, 1.54) is 7.11 Å². The molecule has 4 N–H and O–H groups in total. The van der Waals surface area contributed by atoms with Gasteiger partial charge in [-0.1, -0.05) is 30.3 Å². The van der Waals surface area contributed by atoms with Crippen molar-refractivity contribution in [2.45, 2.75) is 6.04 Å². The number of ether oxygens (including phenoxy) is 1. The van der Waals surface area contributed by atoms with Crippen molar-refractivity contribution in [2.75, 3.05) is 31.3 Å². The molecule has 5 aromatic rings. The zero-order valence-corrected chi connectivity index (χ0v) is 21.3. The molecule has 0 saturated heterocycles. The summed E-state index contributed by atoms with van der Waals surface area (Å²) in [7, 11) is 3.01. The van der Waals surface area contributed by atoms with Gasteiger partial charge >= 0.3 is 5.97 Å². The molecule has 0 fully saturated rings. The lowest BCUT2D eigenvalue weighted by molar-refractivity contribution is -0.142. The Morgan fingerprint density at radius 1 is 0.974 bits per heavy atom. The van der Waals surface area contributed by atoms with E-state index in [2.05, 4.69) is 40.9 Å². The number of anilines is 2. The van der Waals surface area contributed by atoms with Gasteiger partial charge in [0.1, 0.15) is 17.6 Å². The molecule has 0 aliphatic rings. The van der Waals surface area contributed by atoms with Crippen molar-refractivity contribution in [3.63, 3.8) is 0 Å². The van der Waals surface area contributed by atoms with E-state index in [0.717, 1.165) is 11.1 Å². The second kappa shape index (κ2) is 11.4. The molecule has 0 bridgehead atoms. The molecule has 5 rings (SSSR count). The average molecular weight is 523 g/mol. The van der Waals surface area contributed by atoms with Gasteiger partial charge in [0.2, 0.25) is 5.95 Å². The normalized spacial score (nSPS) is 11.5. The van der Waals surface area contributed by atoms with Crippen LogP contribution in [0.3, 0.4) is 0 Å². The first-order chi connectivity index (χ1) is 19.1. The van der Waals surface area contributed by atoms with Gasteiger partial charge in [0.25, 0.3) is 5.91 Å². The largest absolute Gasteiger partial charge is 0.467 e. The minimum atomic E-state index is -0.956. The summed E-state index contributed by atoms with van der Waals surface area (Å²) in [6.45, 7) is 0.0766. The molecule has 0 radical (unpaired) electrons. The molecule has 3 heterocycles. The van der Waals surface area contributed by atoms with Gasteiger partial charge in [-0.2, -0.15) is 0 Å². The molecule has 0 spiro atoms. The average Bonchev–Trinajstić information content (AvgIpc) is 3.43. The Morgan fingerprint density at radius 2 is 1.82 bits per heavy atom. The van der Waals surface area contributed by atoms with Gasteiger partial charge in [-0.25, -0.2) is 24.7 Å². The lowest BCUT2D eigenvalue weighted by Crippen LogP contribution is -2.46. The number of H-pyrrole nitrogens is 1. The number of nitrogens with zero attached hydrogens (tertiary/aromatic N) is 4. The summed E-state index contributed by atoms with van der Waals surface area (Å²) in [6.07, 6.45) is 3.30. The first kappa shape index (κ1) is 25.3. The standard InChI is InChI=1S/C28H26N8O3/c1-29-28-31-14-12-21(36-28)25-33-20-11-10-18(15-22(20)34-25)26(37)35-23(27(38)39-2)16-32-24-19(9-6-13-30-24)17-7-4-3-5-8-17/h3-15,23H,16H2,1-2H3,(H,30,32)(H,33,34)(H,35,37)(H,29,31,36). The van der Waals surface area contributed by atoms with Crippen molar-refractivity contribution in [3.05, 3.63) is 84.7 Å². The maximum atomic E-state index is 13.2. The maximum Gasteiger partial charge on any atom is 0.330 e. The molecule has 0 aliphatic heterocycles. The summed E-state index contributed by atoms with van der Waals surface area (Å²) in [5, 5.41) is 8.84. The van der Waals surface area contributed by atoms with Crippen molar-refractivity contribution in [3.8, 4) is 22.6 Å². The summed E-state index contributed by atoms with van der Waals surface area (Å²) >= 11 is 0. The Hall–Kier alpha value is -5.32. The van der Waals surface area contributed by atoms with E-state index in [-0.39, 0.29) is 6.54 Å². The number of hydrogen-bond donors (Lipinski definition) is 4. The molecule has 11 nitrogen and oxygen atoms in total. The van der Waals surface area contributed by atoms with Crippen LogP contribution >= 0.6 is 0 Å². The smallest absolute Gasteiger partial charge is 0.330 e. The monoisotopic (exact) mass is 522 g/mol. The molecular formula is C28H26N8O3. The number of carbonyl (C=O) groups is 2. The number of esters is 1. The van der Waals surface area contributed by atoms with Gasteiger partial charge in [-0.3, -0.25) is 4.79 Å². The number of nitrogens with one attached hydrogen (secondary N) is 4. The topological polar surface area (TPSA) is 147 Å². The summed E-state index contributed by atoms with van der Waals surface area (Å²) in [5.41, 5.74) is 4.13. The maximum absolute atomic E-state index is 13.2. The minimum Gasteiger partial charge on any atom is -0.467 e.